The molecule has 4 rings (SSSR count). The zero-order chi connectivity index (χ0) is 23.3. The number of halogens is 5. The minimum Gasteiger partial charge on any atom is -0.376 e. The van der Waals surface area contributed by atoms with Crippen molar-refractivity contribution in [2.75, 3.05) is 0 Å². The van der Waals surface area contributed by atoms with Crippen LogP contribution in [0.5, 0.6) is 0 Å². The van der Waals surface area contributed by atoms with Crippen molar-refractivity contribution in [1.82, 2.24) is 10.3 Å². The van der Waals surface area contributed by atoms with Crippen molar-refractivity contribution in [3.05, 3.63) is 88.1 Å². The van der Waals surface area contributed by atoms with Gasteiger partial charge in [0.05, 0.1) is 29.1 Å². The van der Waals surface area contributed by atoms with E-state index in [9.17, 15) is 31.9 Å². The van der Waals surface area contributed by atoms with E-state index in [1.165, 1.54) is 24.3 Å². The SMILES string of the molecule is C[C@@](O)(c1ccc(Cc2cc(-c3c(F)cccc3F)nc3c2C(=O)NC3)cc1)C(F)(F)F. The van der Waals surface area contributed by atoms with Gasteiger partial charge in [-0.2, -0.15) is 13.2 Å². The summed E-state index contributed by atoms with van der Waals surface area (Å²) in [5.41, 5.74) is -2.08. The topological polar surface area (TPSA) is 62.2 Å². The smallest absolute Gasteiger partial charge is 0.376 e. The first kappa shape index (κ1) is 21.9. The Bertz CT molecular complexity index is 1180. The number of hydrogen-bond donors (Lipinski definition) is 2. The van der Waals surface area contributed by atoms with Crippen LogP contribution in [0, 0.1) is 11.6 Å². The van der Waals surface area contributed by atoms with E-state index in [0.717, 1.165) is 24.3 Å². The standard InChI is InChI=1S/C23H17F5N2O2/c1-22(32,23(26,27)28)14-7-5-12(6-8-14)9-13-10-17(20-15(24)3-2-4-16(20)25)30-18-11-29-21(31)19(13)18/h2-8,10,32H,9,11H2,1H3,(H,29,31)/t22-/m1/s1. The van der Waals surface area contributed by atoms with Crippen molar-refractivity contribution >= 4 is 5.91 Å². The molecule has 0 spiro atoms. The molecule has 1 aromatic heterocycles. The molecule has 0 fully saturated rings. The Hall–Kier alpha value is -3.33. The molecule has 2 N–H and O–H groups in total. The Morgan fingerprint density at radius 1 is 1.03 bits per heavy atom. The number of aliphatic hydroxyl groups is 1. The molecule has 0 unspecified atom stereocenters. The number of benzene rings is 2. The van der Waals surface area contributed by atoms with Crippen LogP contribution in [0.25, 0.3) is 11.3 Å². The molecule has 1 atom stereocenters. The highest BCUT2D eigenvalue weighted by Crippen LogP contribution is 2.38. The van der Waals surface area contributed by atoms with E-state index in [2.05, 4.69) is 10.3 Å². The summed E-state index contributed by atoms with van der Waals surface area (Å²) in [7, 11) is 0. The van der Waals surface area contributed by atoms with Crippen LogP contribution in [-0.2, 0) is 18.6 Å². The Morgan fingerprint density at radius 3 is 2.25 bits per heavy atom. The van der Waals surface area contributed by atoms with Crippen LogP contribution >= 0.6 is 0 Å². The number of carbonyl (C=O) groups excluding carboxylic acids is 1. The van der Waals surface area contributed by atoms with Gasteiger partial charge in [-0.05, 0) is 48.2 Å². The summed E-state index contributed by atoms with van der Waals surface area (Å²) in [6, 6.07) is 9.94. The lowest BCUT2D eigenvalue weighted by Gasteiger charge is -2.26. The van der Waals surface area contributed by atoms with Crippen LogP contribution in [0.2, 0.25) is 0 Å². The van der Waals surface area contributed by atoms with Gasteiger partial charge in [0, 0.05) is 0 Å². The molecule has 0 radical (unpaired) electrons. The molecule has 0 bridgehead atoms. The maximum Gasteiger partial charge on any atom is 0.421 e. The predicted molar refractivity (Wildman–Crippen MR) is 106 cm³/mol. The number of amides is 1. The molecule has 2 heterocycles. The molecule has 1 aliphatic heterocycles. The first-order valence-corrected chi connectivity index (χ1v) is 9.63. The number of hydrogen-bond acceptors (Lipinski definition) is 3. The number of rotatable bonds is 4. The lowest BCUT2D eigenvalue weighted by atomic mass is 9.92. The van der Waals surface area contributed by atoms with Gasteiger partial charge >= 0.3 is 6.18 Å². The molecule has 166 valence electrons. The van der Waals surface area contributed by atoms with Crippen LogP contribution in [0.3, 0.4) is 0 Å². The number of aromatic nitrogens is 1. The van der Waals surface area contributed by atoms with Gasteiger partial charge in [-0.15, -0.1) is 0 Å². The third kappa shape index (κ3) is 3.73. The minimum atomic E-state index is -4.85. The van der Waals surface area contributed by atoms with Gasteiger partial charge in [0.25, 0.3) is 5.91 Å². The zero-order valence-corrected chi connectivity index (χ0v) is 16.7. The molecule has 32 heavy (non-hydrogen) atoms. The number of carbonyl (C=O) groups is 1. The van der Waals surface area contributed by atoms with Gasteiger partial charge in [0.15, 0.2) is 5.60 Å². The molecule has 0 aliphatic carbocycles. The van der Waals surface area contributed by atoms with Crippen LogP contribution < -0.4 is 5.32 Å². The average molecular weight is 448 g/mol. The highest BCUT2D eigenvalue weighted by Gasteiger charge is 2.51. The molecule has 9 heteroatoms. The van der Waals surface area contributed by atoms with Crippen molar-refractivity contribution in [2.24, 2.45) is 0 Å². The second kappa shape index (κ2) is 7.67. The van der Waals surface area contributed by atoms with Gasteiger partial charge in [-0.25, -0.2) is 13.8 Å². The van der Waals surface area contributed by atoms with Gasteiger partial charge in [0.2, 0.25) is 0 Å². The minimum absolute atomic E-state index is 0.0162. The summed E-state index contributed by atoms with van der Waals surface area (Å²) in [4.78, 5) is 16.5. The predicted octanol–water partition coefficient (Wildman–Crippen LogP) is 4.63. The Kier molecular flexibility index (Phi) is 5.24. The molecule has 3 aromatic rings. The largest absolute Gasteiger partial charge is 0.421 e. The fourth-order valence-corrected chi connectivity index (χ4v) is 3.65. The molecule has 4 nitrogen and oxygen atoms in total. The van der Waals surface area contributed by atoms with E-state index in [-0.39, 0.29) is 41.3 Å². The van der Waals surface area contributed by atoms with E-state index in [1.54, 1.807) is 0 Å². The normalized spacial score (nSPS) is 15.3. The number of nitrogens with zero attached hydrogens (tertiary/aromatic N) is 1. The van der Waals surface area contributed by atoms with E-state index >= 15 is 0 Å². The lowest BCUT2D eigenvalue weighted by molar-refractivity contribution is -0.258. The van der Waals surface area contributed by atoms with Gasteiger partial charge in [0.1, 0.15) is 11.6 Å². The first-order chi connectivity index (χ1) is 15.0. The van der Waals surface area contributed by atoms with Crippen molar-refractivity contribution < 1.29 is 31.9 Å². The summed E-state index contributed by atoms with van der Waals surface area (Å²) < 4.78 is 67.8. The van der Waals surface area contributed by atoms with Gasteiger partial charge in [-0.3, -0.25) is 4.79 Å². The number of pyridine rings is 1. The van der Waals surface area contributed by atoms with Crippen molar-refractivity contribution in [3.63, 3.8) is 0 Å². The fourth-order valence-electron chi connectivity index (χ4n) is 3.65. The van der Waals surface area contributed by atoms with Crippen LogP contribution in [0.15, 0.2) is 48.5 Å². The third-order valence-electron chi connectivity index (χ3n) is 5.50. The zero-order valence-electron chi connectivity index (χ0n) is 16.7. The van der Waals surface area contributed by atoms with Gasteiger partial charge in [-0.1, -0.05) is 30.3 Å². The van der Waals surface area contributed by atoms with Gasteiger partial charge < -0.3 is 10.4 Å². The number of fused-ring (bicyclic) bond motifs is 1. The fraction of sp³-hybridized carbons (Fsp3) is 0.217. The van der Waals surface area contributed by atoms with E-state index in [1.807, 2.05) is 0 Å². The molecule has 0 saturated carbocycles. The second-order valence-electron chi connectivity index (χ2n) is 7.71. The Morgan fingerprint density at radius 2 is 1.66 bits per heavy atom. The van der Waals surface area contributed by atoms with Crippen molar-refractivity contribution in [3.8, 4) is 11.3 Å². The maximum absolute atomic E-state index is 14.3. The second-order valence-corrected chi connectivity index (χ2v) is 7.71. The molecule has 1 aliphatic rings. The lowest BCUT2D eigenvalue weighted by Crippen LogP contribution is -2.39. The molecule has 0 saturated heterocycles. The van der Waals surface area contributed by atoms with Crippen molar-refractivity contribution in [1.29, 1.82) is 0 Å². The average Bonchev–Trinajstić information content (AvgIpc) is 3.08. The highest BCUT2D eigenvalue weighted by atomic mass is 19.4. The number of nitrogens with one attached hydrogen (secondary N) is 1. The van der Waals surface area contributed by atoms with E-state index < -0.39 is 23.4 Å². The maximum atomic E-state index is 14.3. The summed E-state index contributed by atoms with van der Waals surface area (Å²) in [5, 5.41) is 12.4. The summed E-state index contributed by atoms with van der Waals surface area (Å²) in [5.74, 6) is -2.00. The van der Waals surface area contributed by atoms with Crippen LogP contribution in [0.4, 0.5) is 22.0 Å². The molecule has 2 aromatic carbocycles. The molecular formula is C23H17F5N2O2. The quantitative estimate of drug-likeness (QED) is 0.572. The number of alkyl halides is 3. The van der Waals surface area contributed by atoms with Crippen LogP contribution in [-0.4, -0.2) is 22.2 Å². The molecular weight excluding hydrogens is 431 g/mol. The monoisotopic (exact) mass is 448 g/mol. The first-order valence-electron chi connectivity index (χ1n) is 9.63. The molecule has 1 amide bonds. The highest BCUT2D eigenvalue weighted by molar-refractivity contribution is 5.99. The third-order valence-corrected chi connectivity index (χ3v) is 5.50. The van der Waals surface area contributed by atoms with E-state index in [4.69, 9.17) is 0 Å². The summed E-state index contributed by atoms with van der Waals surface area (Å²) in [6.07, 6.45) is -4.74. The summed E-state index contributed by atoms with van der Waals surface area (Å²) in [6.45, 7) is 0.760. The van der Waals surface area contributed by atoms with Crippen LogP contribution in [0.1, 0.15) is 39.7 Å². The van der Waals surface area contributed by atoms with Crippen molar-refractivity contribution in [2.45, 2.75) is 31.7 Å². The summed E-state index contributed by atoms with van der Waals surface area (Å²) >= 11 is 0. The Balaban J connectivity index is 1.74. The van der Waals surface area contributed by atoms with E-state index in [0.29, 0.717) is 23.7 Å². The Labute approximate surface area is 179 Å².